The SMILES string of the molecule is CN1CCCN(c2nnc(Cl)c3ccccc23)CC1=O. The van der Waals surface area contributed by atoms with Crippen molar-refractivity contribution in [3.05, 3.63) is 29.4 Å². The summed E-state index contributed by atoms with van der Waals surface area (Å²) < 4.78 is 0. The average Bonchev–Trinajstić information content (AvgIpc) is 2.62. The highest BCUT2D eigenvalue weighted by Gasteiger charge is 2.22. The third-order valence-corrected chi connectivity index (χ3v) is 3.87. The first-order chi connectivity index (χ1) is 9.66. The molecule has 0 bridgehead atoms. The summed E-state index contributed by atoms with van der Waals surface area (Å²) in [5.74, 6) is 0.831. The van der Waals surface area contributed by atoms with E-state index >= 15 is 0 Å². The standard InChI is InChI=1S/C14H15ClN4O/c1-18-7-4-8-19(9-12(18)20)14-11-6-3-2-5-10(11)13(15)16-17-14/h2-3,5-6H,4,7-9H2,1H3. The normalized spacial score (nSPS) is 16.6. The fourth-order valence-electron chi connectivity index (χ4n) is 2.46. The number of anilines is 1. The van der Waals surface area contributed by atoms with Gasteiger partial charge in [0.15, 0.2) is 11.0 Å². The van der Waals surface area contributed by atoms with Gasteiger partial charge in [-0.15, -0.1) is 10.2 Å². The molecule has 5 nitrogen and oxygen atoms in total. The third kappa shape index (κ3) is 2.29. The van der Waals surface area contributed by atoms with Crippen LogP contribution in [0, 0.1) is 0 Å². The highest BCUT2D eigenvalue weighted by molar-refractivity contribution is 6.34. The fraction of sp³-hybridized carbons (Fsp3) is 0.357. The highest BCUT2D eigenvalue weighted by atomic mass is 35.5. The molecule has 0 atom stereocenters. The van der Waals surface area contributed by atoms with Crippen LogP contribution in [0.15, 0.2) is 24.3 Å². The second-order valence-electron chi connectivity index (χ2n) is 4.95. The zero-order valence-electron chi connectivity index (χ0n) is 11.2. The molecule has 1 aromatic carbocycles. The van der Waals surface area contributed by atoms with Crippen molar-refractivity contribution < 1.29 is 4.79 Å². The number of halogens is 1. The summed E-state index contributed by atoms with van der Waals surface area (Å²) in [6.07, 6.45) is 0.918. The van der Waals surface area contributed by atoms with Crippen LogP contribution in [-0.4, -0.2) is 47.7 Å². The number of hydrogen-bond acceptors (Lipinski definition) is 4. The van der Waals surface area contributed by atoms with Crippen LogP contribution in [0.25, 0.3) is 10.8 Å². The molecule has 104 valence electrons. The van der Waals surface area contributed by atoms with Crippen molar-refractivity contribution >= 4 is 34.1 Å². The third-order valence-electron chi connectivity index (χ3n) is 3.60. The minimum absolute atomic E-state index is 0.100. The number of rotatable bonds is 1. The van der Waals surface area contributed by atoms with Crippen LogP contribution in [0.2, 0.25) is 5.15 Å². The molecule has 0 aliphatic carbocycles. The van der Waals surface area contributed by atoms with E-state index in [0.717, 1.165) is 36.1 Å². The molecule has 0 N–H and O–H groups in total. The van der Waals surface area contributed by atoms with Crippen molar-refractivity contribution in [2.45, 2.75) is 6.42 Å². The summed E-state index contributed by atoms with van der Waals surface area (Å²) >= 11 is 6.08. The lowest BCUT2D eigenvalue weighted by molar-refractivity contribution is -0.127. The van der Waals surface area contributed by atoms with Gasteiger partial charge in [0.05, 0.1) is 6.54 Å². The Balaban J connectivity index is 2.06. The first-order valence-corrected chi connectivity index (χ1v) is 6.94. The van der Waals surface area contributed by atoms with Crippen LogP contribution in [0.3, 0.4) is 0 Å². The zero-order chi connectivity index (χ0) is 14.1. The number of likely N-dealkylation sites (N-methyl/N-ethyl adjacent to an activating group) is 1. The van der Waals surface area contributed by atoms with E-state index in [1.807, 2.05) is 36.2 Å². The smallest absolute Gasteiger partial charge is 0.241 e. The van der Waals surface area contributed by atoms with Crippen molar-refractivity contribution in [1.82, 2.24) is 15.1 Å². The van der Waals surface area contributed by atoms with E-state index in [9.17, 15) is 4.79 Å². The lowest BCUT2D eigenvalue weighted by Gasteiger charge is -2.21. The van der Waals surface area contributed by atoms with Crippen molar-refractivity contribution in [2.24, 2.45) is 0 Å². The molecule has 1 aliphatic heterocycles. The Morgan fingerprint density at radius 2 is 1.90 bits per heavy atom. The molecule has 3 rings (SSSR count). The number of benzene rings is 1. The van der Waals surface area contributed by atoms with E-state index in [0.29, 0.717) is 11.7 Å². The van der Waals surface area contributed by atoms with E-state index in [1.54, 1.807) is 4.90 Å². The largest absolute Gasteiger partial charge is 0.345 e. The number of nitrogens with zero attached hydrogens (tertiary/aromatic N) is 4. The second-order valence-corrected chi connectivity index (χ2v) is 5.31. The number of carbonyl (C=O) groups excluding carboxylic acids is 1. The molecule has 0 spiro atoms. The van der Waals surface area contributed by atoms with E-state index < -0.39 is 0 Å². The van der Waals surface area contributed by atoms with E-state index in [-0.39, 0.29) is 5.91 Å². The van der Waals surface area contributed by atoms with Gasteiger partial charge in [-0.2, -0.15) is 0 Å². The monoisotopic (exact) mass is 290 g/mol. The maximum Gasteiger partial charge on any atom is 0.241 e. The Morgan fingerprint density at radius 3 is 2.70 bits per heavy atom. The molecular weight excluding hydrogens is 276 g/mol. The van der Waals surface area contributed by atoms with Gasteiger partial charge in [0.2, 0.25) is 5.91 Å². The van der Waals surface area contributed by atoms with Gasteiger partial charge in [0.25, 0.3) is 0 Å². The van der Waals surface area contributed by atoms with Gasteiger partial charge in [-0.05, 0) is 6.42 Å². The Hall–Kier alpha value is -1.88. The summed E-state index contributed by atoms with van der Waals surface area (Å²) in [5, 5.41) is 10.4. The lowest BCUT2D eigenvalue weighted by atomic mass is 10.2. The Kier molecular flexibility index (Phi) is 3.44. The van der Waals surface area contributed by atoms with Gasteiger partial charge in [0.1, 0.15) is 0 Å². The summed E-state index contributed by atoms with van der Waals surface area (Å²) in [6, 6.07) is 7.74. The zero-order valence-corrected chi connectivity index (χ0v) is 12.0. The summed E-state index contributed by atoms with van der Waals surface area (Å²) in [6.45, 7) is 1.89. The topological polar surface area (TPSA) is 49.3 Å². The molecule has 20 heavy (non-hydrogen) atoms. The number of fused-ring (bicyclic) bond motifs is 1. The van der Waals surface area contributed by atoms with Gasteiger partial charge in [-0.25, -0.2) is 0 Å². The van der Waals surface area contributed by atoms with E-state index in [1.165, 1.54) is 0 Å². The molecule has 6 heteroatoms. The number of amides is 1. The number of aromatic nitrogens is 2. The minimum Gasteiger partial charge on any atom is -0.345 e. The maximum atomic E-state index is 12.0. The molecule has 2 aromatic rings. The molecule has 0 radical (unpaired) electrons. The maximum absolute atomic E-state index is 12.0. The van der Waals surface area contributed by atoms with Crippen LogP contribution >= 0.6 is 11.6 Å². The average molecular weight is 291 g/mol. The highest BCUT2D eigenvalue weighted by Crippen LogP contribution is 2.28. The molecule has 1 amide bonds. The van der Waals surface area contributed by atoms with Crippen molar-refractivity contribution in [2.75, 3.05) is 31.6 Å². The minimum atomic E-state index is 0.100. The van der Waals surface area contributed by atoms with Gasteiger partial charge >= 0.3 is 0 Å². The predicted molar refractivity (Wildman–Crippen MR) is 79.0 cm³/mol. The second kappa shape index (κ2) is 5.25. The molecule has 1 aliphatic rings. The molecule has 0 saturated carbocycles. The first-order valence-electron chi connectivity index (χ1n) is 6.56. The van der Waals surface area contributed by atoms with Crippen LogP contribution in [0.4, 0.5) is 5.82 Å². The lowest BCUT2D eigenvalue weighted by Crippen LogP contribution is -2.34. The van der Waals surface area contributed by atoms with E-state index in [4.69, 9.17) is 11.6 Å². The Bertz CT molecular complexity index is 661. The Labute approximate surface area is 122 Å². The van der Waals surface area contributed by atoms with Gasteiger partial charge < -0.3 is 9.80 Å². The molecule has 1 aromatic heterocycles. The predicted octanol–water partition coefficient (Wildman–Crippen LogP) is 1.95. The van der Waals surface area contributed by atoms with Gasteiger partial charge in [-0.1, -0.05) is 35.9 Å². The van der Waals surface area contributed by atoms with Crippen LogP contribution in [0.1, 0.15) is 6.42 Å². The molecule has 2 heterocycles. The fourth-order valence-corrected chi connectivity index (χ4v) is 2.66. The quantitative estimate of drug-likeness (QED) is 0.805. The Morgan fingerprint density at radius 1 is 1.15 bits per heavy atom. The van der Waals surface area contributed by atoms with Crippen molar-refractivity contribution in [3.63, 3.8) is 0 Å². The van der Waals surface area contributed by atoms with Crippen molar-refractivity contribution in [3.8, 4) is 0 Å². The number of carbonyl (C=O) groups is 1. The molecule has 0 unspecified atom stereocenters. The summed E-state index contributed by atoms with van der Waals surface area (Å²) in [7, 11) is 1.83. The summed E-state index contributed by atoms with van der Waals surface area (Å²) in [5.41, 5.74) is 0. The number of hydrogen-bond donors (Lipinski definition) is 0. The van der Waals surface area contributed by atoms with E-state index in [2.05, 4.69) is 10.2 Å². The molecular formula is C14H15ClN4O. The van der Waals surface area contributed by atoms with Crippen molar-refractivity contribution in [1.29, 1.82) is 0 Å². The molecule has 1 fully saturated rings. The summed E-state index contributed by atoms with van der Waals surface area (Å²) in [4.78, 5) is 15.7. The molecule has 1 saturated heterocycles. The first kappa shape index (κ1) is 13.1. The van der Waals surface area contributed by atoms with Gasteiger partial charge in [-0.3, -0.25) is 4.79 Å². The van der Waals surface area contributed by atoms with Crippen LogP contribution in [-0.2, 0) is 4.79 Å². The van der Waals surface area contributed by atoms with Crippen LogP contribution < -0.4 is 4.90 Å². The van der Waals surface area contributed by atoms with Crippen LogP contribution in [0.5, 0.6) is 0 Å². The van der Waals surface area contributed by atoms with Gasteiger partial charge in [0, 0.05) is 30.9 Å².